The van der Waals surface area contributed by atoms with E-state index in [1.807, 2.05) is 0 Å². The van der Waals surface area contributed by atoms with Gasteiger partial charge in [-0.05, 0) is 61.7 Å². The van der Waals surface area contributed by atoms with Crippen LogP contribution in [0.2, 0.25) is 0 Å². The minimum absolute atomic E-state index is 0.212. The van der Waals surface area contributed by atoms with Crippen molar-refractivity contribution in [1.29, 1.82) is 0 Å². The zero-order chi connectivity index (χ0) is 19.0. The van der Waals surface area contributed by atoms with Crippen LogP contribution in [-0.2, 0) is 4.84 Å². The molecule has 3 heteroatoms. The lowest BCUT2D eigenvalue weighted by atomic mass is 9.52. The third-order valence-corrected chi connectivity index (χ3v) is 7.40. The molecule has 1 aliphatic heterocycles. The van der Waals surface area contributed by atoms with Crippen molar-refractivity contribution in [2.75, 3.05) is 20.2 Å². The van der Waals surface area contributed by atoms with Crippen molar-refractivity contribution in [3.05, 3.63) is 71.8 Å². The van der Waals surface area contributed by atoms with E-state index in [4.69, 9.17) is 4.84 Å². The number of fused-ring (bicyclic) bond motifs is 3. The zero-order valence-corrected chi connectivity index (χ0v) is 16.8. The molecule has 0 unspecified atom stereocenters. The summed E-state index contributed by atoms with van der Waals surface area (Å²) >= 11 is 0. The number of nitrogens with zero attached hydrogens (tertiary/aromatic N) is 2. The summed E-state index contributed by atoms with van der Waals surface area (Å²) in [5, 5.41) is 4.62. The Morgan fingerprint density at radius 2 is 1.39 bits per heavy atom. The molecule has 4 fully saturated rings. The summed E-state index contributed by atoms with van der Waals surface area (Å²) in [5.41, 5.74) is 4.40. The maximum Gasteiger partial charge on any atom is 0.106 e. The van der Waals surface area contributed by atoms with Gasteiger partial charge in [-0.15, -0.1) is 0 Å². The summed E-state index contributed by atoms with van der Waals surface area (Å²) in [6.45, 7) is 2.46. The molecule has 28 heavy (non-hydrogen) atoms. The molecule has 2 bridgehead atoms. The molecular formula is C25H30N2O. The van der Waals surface area contributed by atoms with Gasteiger partial charge in [0.2, 0.25) is 0 Å². The molecule has 1 heterocycles. The van der Waals surface area contributed by atoms with E-state index in [-0.39, 0.29) is 5.54 Å². The second-order valence-corrected chi connectivity index (χ2v) is 8.83. The zero-order valence-electron chi connectivity index (χ0n) is 16.8. The van der Waals surface area contributed by atoms with Gasteiger partial charge in [-0.1, -0.05) is 65.8 Å². The molecule has 3 nitrogen and oxygen atoms in total. The van der Waals surface area contributed by atoms with Gasteiger partial charge in [-0.2, -0.15) is 0 Å². The molecule has 0 N–H and O–H groups in total. The number of oxime groups is 1. The molecule has 6 rings (SSSR count). The predicted molar refractivity (Wildman–Crippen MR) is 114 cm³/mol. The highest BCUT2D eigenvalue weighted by molar-refractivity contribution is 5.91. The van der Waals surface area contributed by atoms with Crippen LogP contribution < -0.4 is 0 Å². The Labute approximate surface area is 168 Å². The van der Waals surface area contributed by atoms with Crippen LogP contribution in [0.15, 0.2) is 65.8 Å². The van der Waals surface area contributed by atoms with Gasteiger partial charge in [-0.3, -0.25) is 4.90 Å². The molecule has 0 aromatic heterocycles. The Morgan fingerprint density at radius 3 is 1.89 bits per heavy atom. The Morgan fingerprint density at radius 1 is 0.857 bits per heavy atom. The number of hydrogen-bond acceptors (Lipinski definition) is 3. The number of likely N-dealkylation sites (tertiary alicyclic amines) is 1. The molecule has 146 valence electrons. The molecule has 2 aromatic carbocycles. The summed E-state index contributed by atoms with van der Waals surface area (Å²) < 4.78 is 0. The molecule has 0 radical (unpaired) electrons. The summed E-state index contributed by atoms with van der Waals surface area (Å²) in [6, 6.07) is 22.3. The van der Waals surface area contributed by atoms with Crippen LogP contribution in [0.25, 0.3) is 0 Å². The average molecular weight is 375 g/mol. The van der Waals surface area contributed by atoms with E-state index in [0.29, 0.717) is 17.8 Å². The van der Waals surface area contributed by atoms with Gasteiger partial charge in [0.25, 0.3) is 0 Å². The summed E-state index contributed by atoms with van der Waals surface area (Å²) in [7, 11) is 1.70. The van der Waals surface area contributed by atoms with Gasteiger partial charge in [-0.25, -0.2) is 0 Å². The van der Waals surface area contributed by atoms with Gasteiger partial charge in [0.1, 0.15) is 7.11 Å². The SMILES string of the molecule is CO/N=C1/CC2(N3CCCC3)C[C@@H](c3ccccc3)C1[C@H](c1ccccc1)C2. The van der Waals surface area contributed by atoms with Crippen LogP contribution in [0.3, 0.4) is 0 Å². The molecule has 1 saturated heterocycles. The first-order valence-corrected chi connectivity index (χ1v) is 10.8. The van der Waals surface area contributed by atoms with E-state index in [9.17, 15) is 0 Å². The molecule has 2 atom stereocenters. The van der Waals surface area contributed by atoms with Crippen LogP contribution in [0.5, 0.6) is 0 Å². The second kappa shape index (κ2) is 7.36. The predicted octanol–water partition coefficient (Wildman–Crippen LogP) is 5.20. The van der Waals surface area contributed by atoms with Crippen molar-refractivity contribution in [2.45, 2.75) is 49.5 Å². The summed E-state index contributed by atoms with van der Waals surface area (Å²) in [5.74, 6) is 1.43. The molecular weight excluding hydrogens is 344 g/mol. The number of hydrogen-bond donors (Lipinski definition) is 0. The van der Waals surface area contributed by atoms with Crippen LogP contribution in [0.4, 0.5) is 0 Å². The first-order chi connectivity index (χ1) is 13.8. The number of benzene rings is 2. The highest BCUT2D eigenvalue weighted by Gasteiger charge is 2.57. The lowest BCUT2D eigenvalue weighted by Gasteiger charge is -2.58. The van der Waals surface area contributed by atoms with E-state index < -0.39 is 0 Å². The monoisotopic (exact) mass is 374 g/mol. The second-order valence-electron chi connectivity index (χ2n) is 8.83. The van der Waals surface area contributed by atoms with Crippen LogP contribution in [-0.4, -0.2) is 36.3 Å². The summed E-state index contributed by atoms with van der Waals surface area (Å²) in [4.78, 5) is 8.17. The molecule has 3 saturated carbocycles. The Kier molecular flexibility index (Phi) is 4.72. The first kappa shape index (κ1) is 17.9. The standard InChI is InChI=1S/C25H30N2O/c1-28-26-23-18-25(27-14-8-9-15-27)16-21(19-10-4-2-5-11-19)24(23)22(17-25)20-12-6-3-7-13-20/h2-7,10-13,21-22,24H,8-9,14-18H2,1H3/b26-23-/t21-,22-,24?,25?/m0/s1. The van der Waals surface area contributed by atoms with Crippen molar-refractivity contribution in [2.24, 2.45) is 11.1 Å². The Balaban J connectivity index is 1.64. The van der Waals surface area contributed by atoms with Crippen molar-refractivity contribution >= 4 is 5.71 Å². The van der Waals surface area contributed by atoms with Crippen LogP contribution in [0, 0.1) is 5.92 Å². The molecule has 4 aliphatic rings. The van der Waals surface area contributed by atoms with Crippen molar-refractivity contribution < 1.29 is 4.84 Å². The van der Waals surface area contributed by atoms with Gasteiger partial charge in [0.15, 0.2) is 0 Å². The largest absolute Gasteiger partial charge is 0.399 e. The van der Waals surface area contributed by atoms with E-state index in [1.165, 1.54) is 55.6 Å². The minimum Gasteiger partial charge on any atom is -0.399 e. The fourth-order valence-corrected chi connectivity index (χ4v) is 6.32. The van der Waals surface area contributed by atoms with E-state index in [1.54, 1.807) is 7.11 Å². The summed E-state index contributed by atoms with van der Waals surface area (Å²) in [6.07, 6.45) is 6.21. The molecule has 3 aliphatic carbocycles. The van der Waals surface area contributed by atoms with E-state index in [2.05, 4.69) is 70.7 Å². The molecule has 0 spiro atoms. The highest BCUT2D eigenvalue weighted by atomic mass is 16.6. The van der Waals surface area contributed by atoms with Crippen molar-refractivity contribution in [3.63, 3.8) is 0 Å². The van der Waals surface area contributed by atoms with Crippen LogP contribution >= 0.6 is 0 Å². The van der Waals surface area contributed by atoms with Crippen LogP contribution in [0.1, 0.15) is 55.1 Å². The topological polar surface area (TPSA) is 24.8 Å². The fraction of sp³-hybridized carbons (Fsp3) is 0.480. The Bertz CT molecular complexity index is 777. The fourth-order valence-electron chi connectivity index (χ4n) is 6.32. The van der Waals surface area contributed by atoms with E-state index >= 15 is 0 Å². The smallest absolute Gasteiger partial charge is 0.106 e. The van der Waals surface area contributed by atoms with Crippen molar-refractivity contribution in [3.8, 4) is 0 Å². The van der Waals surface area contributed by atoms with E-state index in [0.717, 1.165) is 6.42 Å². The van der Waals surface area contributed by atoms with Crippen molar-refractivity contribution in [1.82, 2.24) is 4.90 Å². The first-order valence-electron chi connectivity index (χ1n) is 10.8. The maximum absolute atomic E-state index is 5.38. The van der Waals surface area contributed by atoms with Gasteiger partial charge in [0.05, 0.1) is 5.71 Å². The third-order valence-electron chi connectivity index (χ3n) is 7.40. The quantitative estimate of drug-likeness (QED) is 0.687. The average Bonchev–Trinajstić information content (AvgIpc) is 3.31. The normalized spacial score (nSPS) is 34.0. The minimum atomic E-state index is 0.212. The Hall–Kier alpha value is -2.13. The van der Waals surface area contributed by atoms with Gasteiger partial charge < -0.3 is 4.84 Å². The highest BCUT2D eigenvalue weighted by Crippen LogP contribution is 2.59. The third kappa shape index (κ3) is 2.97. The molecule has 2 aromatic rings. The van der Waals surface area contributed by atoms with Gasteiger partial charge >= 0.3 is 0 Å². The lowest BCUT2D eigenvalue weighted by Crippen LogP contribution is -2.60. The number of rotatable bonds is 4. The molecule has 0 amide bonds. The lowest BCUT2D eigenvalue weighted by molar-refractivity contribution is 0.0257. The van der Waals surface area contributed by atoms with Gasteiger partial charge in [0, 0.05) is 17.9 Å². The maximum atomic E-state index is 5.38.